The van der Waals surface area contributed by atoms with Crippen LogP contribution in [0.25, 0.3) is 0 Å². The molecule has 1 atom stereocenters. The molecule has 1 unspecified atom stereocenters. The van der Waals surface area contributed by atoms with Crippen molar-refractivity contribution in [2.24, 2.45) is 0 Å². The van der Waals surface area contributed by atoms with Gasteiger partial charge in [-0.2, -0.15) is 0 Å². The monoisotopic (exact) mass is 267 g/mol. The average molecular weight is 268 g/mol. The zero-order valence-corrected chi connectivity index (χ0v) is 11.1. The minimum absolute atomic E-state index is 0.0455. The first kappa shape index (κ1) is 13.4. The normalized spacial score (nSPS) is 18.8. The van der Waals surface area contributed by atoms with Crippen LogP contribution in [0.1, 0.15) is 31.2 Å². The maximum atomic E-state index is 11.7. The van der Waals surface area contributed by atoms with Crippen molar-refractivity contribution in [3.8, 4) is 0 Å². The third kappa shape index (κ3) is 4.00. The van der Waals surface area contributed by atoms with E-state index >= 15 is 0 Å². The number of amides is 1. The van der Waals surface area contributed by atoms with Crippen LogP contribution < -0.4 is 5.32 Å². The molecule has 1 aromatic carbocycles. The quantitative estimate of drug-likeness (QED) is 0.831. The minimum Gasteiger partial charge on any atom is -0.378 e. The van der Waals surface area contributed by atoms with Gasteiger partial charge in [0.25, 0.3) is 0 Å². The largest absolute Gasteiger partial charge is 0.378 e. The lowest BCUT2D eigenvalue weighted by Gasteiger charge is -2.09. The number of carbonyl (C=O) groups is 1. The molecule has 1 amide bonds. The zero-order chi connectivity index (χ0) is 12.8. The van der Waals surface area contributed by atoms with E-state index in [4.69, 9.17) is 16.3 Å². The molecule has 0 bridgehead atoms. The summed E-state index contributed by atoms with van der Waals surface area (Å²) >= 11 is 5.71. The van der Waals surface area contributed by atoms with Gasteiger partial charge in [-0.1, -0.05) is 12.1 Å². The van der Waals surface area contributed by atoms with Crippen molar-refractivity contribution < 1.29 is 9.53 Å². The Balaban J connectivity index is 1.75. The number of rotatable bonds is 5. The molecule has 98 valence electrons. The number of hydrogen-bond acceptors (Lipinski definition) is 2. The fourth-order valence-electron chi connectivity index (χ4n) is 2.06. The molecule has 0 saturated carbocycles. The standard InChI is InChI=1S/C14H18ClNO2/c15-10-11-3-5-12(6-4-11)16-14(17)8-7-13-2-1-9-18-13/h3-6,13H,1-2,7-10H2,(H,16,17). The molecule has 1 heterocycles. The van der Waals surface area contributed by atoms with Crippen molar-refractivity contribution in [2.75, 3.05) is 11.9 Å². The molecule has 4 heteroatoms. The Morgan fingerprint density at radius 1 is 1.39 bits per heavy atom. The van der Waals surface area contributed by atoms with Gasteiger partial charge in [-0.25, -0.2) is 0 Å². The first-order valence-electron chi connectivity index (χ1n) is 6.34. The van der Waals surface area contributed by atoms with Crippen LogP contribution in [0.5, 0.6) is 0 Å². The molecule has 2 rings (SSSR count). The Kier molecular flexibility index (Phi) is 5.02. The van der Waals surface area contributed by atoms with Crippen LogP contribution in [-0.2, 0) is 15.4 Å². The summed E-state index contributed by atoms with van der Waals surface area (Å²) < 4.78 is 5.49. The highest BCUT2D eigenvalue weighted by atomic mass is 35.5. The second kappa shape index (κ2) is 6.76. The lowest BCUT2D eigenvalue weighted by Crippen LogP contribution is -2.15. The smallest absolute Gasteiger partial charge is 0.224 e. The maximum absolute atomic E-state index is 11.7. The van der Waals surface area contributed by atoms with Crippen molar-refractivity contribution in [3.05, 3.63) is 29.8 Å². The third-order valence-electron chi connectivity index (χ3n) is 3.11. The van der Waals surface area contributed by atoms with Gasteiger partial charge in [0.1, 0.15) is 0 Å². The lowest BCUT2D eigenvalue weighted by molar-refractivity contribution is -0.116. The van der Waals surface area contributed by atoms with Crippen molar-refractivity contribution >= 4 is 23.2 Å². The van der Waals surface area contributed by atoms with E-state index in [1.165, 1.54) is 0 Å². The summed E-state index contributed by atoms with van der Waals surface area (Å²) in [5.41, 5.74) is 1.87. The lowest BCUT2D eigenvalue weighted by atomic mass is 10.1. The van der Waals surface area contributed by atoms with Gasteiger partial charge in [0.05, 0.1) is 6.10 Å². The number of ether oxygens (including phenoxy) is 1. The molecule has 1 aliphatic heterocycles. The summed E-state index contributed by atoms with van der Waals surface area (Å²) in [4.78, 5) is 11.7. The predicted octanol–water partition coefficient (Wildman–Crippen LogP) is 3.32. The van der Waals surface area contributed by atoms with Crippen LogP contribution in [0.2, 0.25) is 0 Å². The molecular weight excluding hydrogens is 250 g/mol. The van der Waals surface area contributed by atoms with Gasteiger partial charge in [0.2, 0.25) is 5.91 Å². The summed E-state index contributed by atoms with van der Waals surface area (Å²) in [6, 6.07) is 7.59. The van der Waals surface area contributed by atoms with Crippen LogP contribution in [0.15, 0.2) is 24.3 Å². The van der Waals surface area contributed by atoms with E-state index in [1.54, 1.807) is 0 Å². The highest BCUT2D eigenvalue weighted by molar-refractivity contribution is 6.17. The van der Waals surface area contributed by atoms with Crippen molar-refractivity contribution in [1.82, 2.24) is 0 Å². The van der Waals surface area contributed by atoms with Gasteiger partial charge in [0.15, 0.2) is 0 Å². The second-order valence-corrected chi connectivity index (χ2v) is 4.82. The van der Waals surface area contributed by atoms with Crippen LogP contribution in [-0.4, -0.2) is 18.6 Å². The van der Waals surface area contributed by atoms with Crippen molar-refractivity contribution in [1.29, 1.82) is 0 Å². The highest BCUT2D eigenvalue weighted by Gasteiger charge is 2.16. The number of nitrogens with one attached hydrogen (secondary N) is 1. The van der Waals surface area contributed by atoms with Crippen molar-refractivity contribution in [3.63, 3.8) is 0 Å². The fraction of sp³-hybridized carbons (Fsp3) is 0.500. The number of anilines is 1. The topological polar surface area (TPSA) is 38.3 Å². The van der Waals surface area contributed by atoms with Gasteiger partial charge in [-0.15, -0.1) is 11.6 Å². The molecule has 1 saturated heterocycles. The summed E-state index contributed by atoms with van der Waals surface area (Å²) in [5.74, 6) is 0.539. The molecule has 1 aromatic rings. The first-order valence-corrected chi connectivity index (χ1v) is 6.88. The van der Waals surface area contributed by atoms with Gasteiger partial charge in [0, 0.05) is 24.6 Å². The maximum Gasteiger partial charge on any atom is 0.224 e. The SMILES string of the molecule is O=C(CCC1CCCO1)Nc1ccc(CCl)cc1. The van der Waals surface area contributed by atoms with Gasteiger partial charge in [-0.3, -0.25) is 4.79 Å². The molecule has 3 nitrogen and oxygen atoms in total. The van der Waals surface area contributed by atoms with Crippen LogP contribution in [0.4, 0.5) is 5.69 Å². The van der Waals surface area contributed by atoms with E-state index in [0.29, 0.717) is 12.3 Å². The van der Waals surface area contributed by atoms with Crippen LogP contribution in [0.3, 0.4) is 0 Å². The average Bonchev–Trinajstić information content (AvgIpc) is 2.90. The number of hydrogen-bond donors (Lipinski definition) is 1. The Bertz CT molecular complexity index is 385. The number of benzene rings is 1. The molecule has 0 aromatic heterocycles. The first-order chi connectivity index (χ1) is 8.78. The predicted molar refractivity (Wildman–Crippen MR) is 72.8 cm³/mol. The Morgan fingerprint density at radius 3 is 2.78 bits per heavy atom. The summed E-state index contributed by atoms with van der Waals surface area (Å²) in [7, 11) is 0. The molecule has 1 aliphatic rings. The third-order valence-corrected chi connectivity index (χ3v) is 3.42. The van der Waals surface area contributed by atoms with E-state index in [9.17, 15) is 4.79 Å². The van der Waals surface area contributed by atoms with E-state index in [0.717, 1.165) is 37.1 Å². The molecule has 1 fully saturated rings. The second-order valence-electron chi connectivity index (χ2n) is 4.55. The Labute approximate surface area is 112 Å². The zero-order valence-electron chi connectivity index (χ0n) is 10.3. The summed E-state index contributed by atoms with van der Waals surface area (Å²) in [6.45, 7) is 0.839. The van der Waals surface area contributed by atoms with Crippen molar-refractivity contribution in [2.45, 2.75) is 37.7 Å². The molecular formula is C14H18ClNO2. The van der Waals surface area contributed by atoms with E-state index in [1.807, 2.05) is 24.3 Å². The Hall–Kier alpha value is -1.06. The summed E-state index contributed by atoms with van der Waals surface area (Å²) in [5, 5.41) is 2.88. The molecule has 1 N–H and O–H groups in total. The van der Waals surface area contributed by atoms with E-state index in [2.05, 4.69) is 5.32 Å². The Morgan fingerprint density at radius 2 is 2.17 bits per heavy atom. The summed E-state index contributed by atoms with van der Waals surface area (Å²) in [6.07, 6.45) is 3.80. The van der Waals surface area contributed by atoms with Gasteiger partial charge >= 0.3 is 0 Å². The minimum atomic E-state index is 0.0455. The molecule has 0 radical (unpaired) electrons. The van der Waals surface area contributed by atoms with Crippen LogP contribution in [0, 0.1) is 0 Å². The van der Waals surface area contributed by atoms with E-state index < -0.39 is 0 Å². The number of alkyl halides is 1. The molecule has 0 aliphatic carbocycles. The van der Waals surface area contributed by atoms with Gasteiger partial charge < -0.3 is 10.1 Å². The fourth-order valence-corrected chi connectivity index (χ4v) is 2.24. The number of carbonyl (C=O) groups excluding carboxylic acids is 1. The highest BCUT2D eigenvalue weighted by Crippen LogP contribution is 2.17. The molecule has 0 spiro atoms. The molecule has 18 heavy (non-hydrogen) atoms. The van der Waals surface area contributed by atoms with E-state index in [-0.39, 0.29) is 12.0 Å². The van der Waals surface area contributed by atoms with Crippen LogP contribution >= 0.6 is 11.6 Å². The van der Waals surface area contributed by atoms with Gasteiger partial charge in [-0.05, 0) is 37.0 Å². The number of halogens is 1.